The third-order valence-corrected chi connectivity index (χ3v) is 1.52. The van der Waals surface area contributed by atoms with Gasteiger partial charge in [-0.15, -0.1) is 0 Å². The summed E-state index contributed by atoms with van der Waals surface area (Å²) in [7, 11) is 0. The number of rotatable bonds is 3. The highest BCUT2D eigenvalue weighted by Gasteiger charge is 2.28. The van der Waals surface area contributed by atoms with Gasteiger partial charge in [-0.05, 0) is 6.08 Å². The zero-order chi connectivity index (χ0) is 9.84. The number of ether oxygens (including phenoxy) is 1. The molecule has 0 atom stereocenters. The Labute approximate surface area is 75.7 Å². The van der Waals surface area contributed by atoms with Crippen LogP contribution in [0.2, 0.25) is 0 Å². The lowest BCUT2D eigenvalue weighted by Gasteiger charge is -1.86. The van der Waals surface area contributed by atoms with E-state index >= 15 is 0 Å². The summed E-state index contributed by atoms with van der Waals surface area (Å²) in [6.45, 7) is 6.86. The molecule has 0 aromatic carbocycles. The normalized spacial score (nSPS) is 16.6. The molecular weight excluding hydrogens is 168 g/mol. The van der Waals surface area contributed by atoms with Crippen molar-refractivity contribution in [2.75, 3.05) is 0 Å². The lowest BCUT2D eigenvalue weighted by molar-refractivity contribution is -0.150. The molecule has 1 rings (SSSR count). The molecule has 0 saturated heterocycles. The molecule has 66 valence electrons. The van der Waals surface area contributed by atoms with Crippen molar-refractivity contribution < 1.29 is 14.3 Å². The molecule has 0 unspecified atom stereocenters. The second-order valence-electron chi connectivity index (χ2n) is 2.30. The van der Waals surface area contributed by atoms with Crippen LogP contribution in [0, 0.1) is 0 Å². The van der Waals surface area contributed by atoms with Crippen molar-refractivity contribution in [2.24, 2.45) is 0 Å². The lowest BCUT2D eigenvalue weighted by Crippen LogP contribution is -2.01. The first kappa shape index (κ1) is 9.19. The minimum Gasteiger partial charge on any atom is -0.386 e. The van der Waals surface area contributed by atoms with Crippen molar-refractivity contribution >= 4 is 11.9 Å². The lowest BCUT2D eigenvalue weighted by atomic mass is 10.1. The molecule has 0 amide bonds. The SMILES string of the molecule is C=C/C=C\C1=C(C=C)C(=O)OC1=O. The molecular formula is C10H8O3. The van der Waals surface area contributed by atoms with Crippen molar-refractivity contribution in [3.05, 3.63) is 48.6 Å². The van der Waals surface area contributed by atoms with E-state index in [0.717, 1.165) is 0 Å². The van der Waals surface area contributed by atoms with Crippen LogP contribution in [0.1, 0.15) is 0 Å². The maximum absolute atomic E-state index is 11.0. The summed E-state index contributed by atoms with van der Waals surface area (Å²) < 4.78 is 4.37. The van der Waals surface area contributed by atoms with E-state index in [-0.39, 0.29) is 11.1 Å². The topological polar surface area (TPSA) is 43.4 Å². The van der Waals surface area contributed by atoms with Crippen molar-refractivity contribution in [3.8, 4) is 0 Å². The number of allylic oxidation sites excluding steroid dienone is 2. The second-order valence-corrected chi connectivity index (χ2v) is 2.30. The van der Waals surface area contributed by atoms with Gasteiger partial charge in [-0.3, -0.25) is 0 Å². The van der Waals surface area contributed by atoms with Gasteiger partial charge in [0.2, 0.25) is 0 Å². The molecule has 1 aliphatic rings. The highest BCUT2D eigenvalue weighted by Crippen LogP contribution is 2.19. The first-order valence-corrected chi connectivity index (χ1v) is 3.63. The van der Waals surface area contributed by atoms with Crippen LogP contribution in [-0.4, -0.2) is 11.9 Å². The first-order chi connectivity index (χ1) is 6.20. The number of cyclic esters (lactones) is 2. The van der Waals surface area contributed by atoms with Gasteiger partial charge in [0.25, 0.3) is 0 Å². The summed E-state index contributed by atoms with van der Waals surface area (Å²) in [4.78, 5) is 22.0. The standard InChI is InChI=1S/C10H8O3/c1-3-5-6-8-7(4-2)9(11)13-10(8)12/h3-6H,1-2H2/b6-5-. The van der Waals surface area contributed by atoms with E-state index in [0.29, 0.717) is 0 Å². The fraction of sp³-hybridized carbons (Fsp3) is 0. The Morgan fingerprint density at radius 3 is 2.23 bits per heavy atom. The molecule has 0 saturated carbocycles. The average molecular weight is 176 g/mol. The van der Waals surface area contributed by atoms with Crippen molar-refractivity contribution in [3.63, 3.8) is 0 Å². The third-order valence-electron chi connectivity index (χ3n) is 1.52. The van der Waals surface area contributed by atoms with Crippen LogP contribution in [-0.2, 0) is 14.3 Å². The zero-order valence-corrected chi connectivity index (χ0v) is 6.95. The fourth-order valence-corrected chi connectivity index (χ4v) is 0.929. The molecule has 3 heteroatoms. The van der Waals surface area contributed by atoms with Crippen LogP contribution >= 0.6 is 0 Å². The molecule has 0 bridgehead atoms. The molecule has 0 spiro atoms. The number of esters is 2. The van der Waals surface area contributed by atoms with Crippen LogP contribution in [0.25, 0.3) is 0 Å². The maximum atomic E-state index is 11.0. The van der Waals surface area contributed by atoms with Gasteiger partial charge in [0.1, 0.15) is 0 Å². The van der Waals surface area contributed by atoms with Gasteiger partial charge in [-0.25, -0.2) is 9.59 Å². The minimum atomic E-state index is -0.649. The van der Waals surface area contributed by atoms with Gasteiger partial charge < -0.3 is 4.74 Å². The minimum absolute atomic E-state index is 0.197. The highest BCUT2D eigenvalue weighted by atomic mass is 16.6. The van der Waals surface area contributed by atoms with E-state index in [4.69, 9.17) is 0 Å². The summed E-state index contributed by atoms with van der Waals surface area (Å²) in [5.41, 5.74) is 0.419. The van der Waals surface area contributed by atoms with Crippen LogP contribution in [0.15, 0.2) is 48.6 Å². The van der Waals surface area contributed by atoms with Gasteiger partial charge in [-0.2, -0.15) is 0 Å². The molecule has 0 fully saturated rings. The van der Waals surface area contributed by atoms with E-state index in [1.54, 1.807) is 6.08 Å². The number of carbonyl (C=O) groups is 2. The molecule has 0 aliphatic carbocycles. The molecule has 0 N–H and O–H groups in total. The van der Waals surface area contributed by atoms with Crippen LogP contribution in [0.5, 0.6) is 0 Å². The molecule has 1 aliphatic heterocycles. The highest BCUT2D eigenvalue weighted by molar-refractivity contribution is 6.15. The monoisotopic (exact) mass is 176 g/mol. The van der Waals surface area contributed by atoms with Crippen molar-refractivity contribution in [1.82, 2.24) is 0 Å². The van der Waals surface area contributed by atoms with E-state index in [1.807, 2.05) is 0 Å². The predicted molar refractivity (Wildman–Crippen MR) is 47.7 cm³/mol. The smallest absolute Gasteiger partial charge is 0.346 e. The Bertz CT molecular complexity index is 345. The molecule has 0 aromatic rings. The summed E-state index contributed by atoms with van der Waals surface area (Å²) in [5.74, 6) is -1.29. The largest absolute Gasteiger partial charge is 0.386 e. The summed E-state index contributed by atoms with van der Waals surface area (Å²) in [5, 5.41) is 0. The Hall–Kier alpha value is -1.90. The van der Waals surface area contributed by atoms with E-state index in [9.17, 15) is 9.59 Å². The van der Waals surface area contributed by atoms with Crippen molar-refractivity contribution in [1.29, 1.82) is 0 Å². The van der Waals surface area contributed by atoms with Gasteiger partial charge in [0.15, 0.2) is 0 Å². The number of hydrogen-bond donors (Lipinski definition) is 0. The predicted octanol–water partition coefficient (Wildman–Crippen LogP) is 1.29. The summed E-state index contributed by atoms with van der Waals surface area (Å²) in [6, 6.07) is 0. The average Bonchev–Trinajstić information content (AvgIpc) is 2.37. The Balaban J connectivity index is 3.12. The quantitative estimate of drug-likeness (QED) is 0.369. The Kier molecular flexibility index (Phi) is 2.59. The van der Waals surface area contributed by atoms with Gasteiger partial charge in [0.05, 0.1) is 11.1 Å². The molecule has 13 heavy (non-hydrogen) atoms. The summed E-state index contributed by atoms with van der Waals surface area (Å²) >= 11 is 0. The number of carbonyl (C=O) groups excluding carboxylic acids is 2. The van der Waals surface area contributed by atoms with Gasteiger partial charge in [-0.1, -0.05) is 31.4 Å². The van der Waals surface area contributed by atoms with Crippen LogP contribution in [0.4, 0.5) is 0 Å². The summed E-state index contributed by atoms with van der Waals surface area (Å²) in [6.07, 6.45) is 5.83. The second kappa shape index (κ2) is 3.67. The number of hydrogen-bond acceptors (Lipinski definition) is 3. The first-order valence-electron chi connectivity index (χ1n) is 3.63. The van der Waals surface area contributed by atoms with E-state index in [1.165, 1.54) is 18.2 Å². The third kappa shape index (κ3) is 1.64. The molecule has 3 nitrogen and oxygen atoms in total. The van der Waals surface area contributed by atoms with Gasteiger partial charge in [0, 0.05) is 0 Å². The van der Waals surface area contributed by atoms with E-state index < -0.39 is 11.9 Å². The van der Waals surface area contributed by atoms with Crippen LogP contribution < -0.4 is 0 Å². The fourth-order valence-electron chi connectivity index (χ4n) is 0.929. The van der Waals surface area contributed by atoms with Crippen molar-refractivity contribution in [2.45, 2.75) is 0 Å². The Morgan fingerprint density at radius 2 is 1.69 bits per heavy atom. The molecule has 0 radical (unpaired) electrons. The van der Waals surface area contributed by atoms with Gasteiger partial charge >= 0.3 is 11.9 Å². The molecule has 0 aromatic heterocycles. The molecule has 1 heterocycles. The van der Waals surface area contributed by atoms with E-state index in [2.05, 4.69) is 17.9 Å². The zero-order valence-electron chi connectivity index (χ0n) is 6.95. The maximum Gasteiger partial charge on any atom is 0.346 e. The van der Waals surface area contributed by atoms with Crippen LogP contribution in [0.3, 0.4) is 0 Å². The Morgan fingerprint density at radius 1 is 1.08 bits per heavy atom.